The minimum absolute atomic E-state index is 0.0157. The molecule has 0 aromatic heterocycles. The molecule has 10 heteroatoms. The highest BCUT2D eigenvalue weighted by atomic mass is 16.6. The zero-order valence-electron chi connectivity index (χ0n) is 11.8. The average Bonchev–Trinajstić information content (AvgIpc) is 2.52. The molecule has 1 atom stereocenters. The maximum absolute atomic E-state index is 12.0. The molecule has 1 aliphatic rings. The Balaban J connectivity index is 2.46. The molecule has 1 unspecified atom stereocenters. The molecule has 5 N–H and O–H groups in total. The summed E-state index contributed by atoms with van der Waals surface area (Å²) in [5.41, 5.74) is -0.168. The lowest BCUT2D eigenvalue weighted by molar-refractivity contribution is -0.384. The Morgan fingerprint density at radius 3 is 2.78 bits per heavy atom. The molecule has 0 spiro atoms. The first kappa shape index (κ1) is 16.2. The first-order chi connectivity index (χ1) is 10.9. The molecule has 1 fully saturated rings. The summed E-state index contributed by atoms with van der Waals surface area (Å²) in [6.45, 7) is -0.301. The number of urea groups is 1. The number of nitro benzene ring substituents is 1. The van der Waals surface area contributed by atoms with Gasteiger partial charge in [-0.05, 0) is 5.56 Å². The van der Waals surface area contributed by atoms with Crippen LogP contribution in [0.2, 0.25) is 0 Å². The van der Waals surface area contributed by atoms with Crippen LogP contribution in [-0.2, 0) is 4.79 Å². The van der Waals surface area contributed by atoms with Crippen LogP contribution in [0.15, 0.2) is 35.7 Å². The number of carbonyl (C=O) groups is 2. The van der Waals surface area contributed by atoms with Gasteiger partial charge in [0, 0.05) is 18.7 Å². The number of non-ortho nitro benzene ring substituents is 1. The van der Waals surface area contributed by atoms with Crippen LogP contribution >= 0.6 is 0 Å². The number of aliphatic hydroxyl groups excluding tert-OH is 2. The molecule has 0 radical (unpaired) electrons. The van der Waals surface area contributed by atoms with E-state index < -0.39 is 28.8 Å². The second-order valence-electron chi connectivity index (χ2n) is 4.63. The predicted octanol–water partition coefficient (Wildman–Crippen LogP) is -0.173. The van der Waals surface area contributed by atoms with Crippen LogP contribution < -0.4 is 16.0 Å². The van der Waals surface area contributed by atoms with Gasteiger partial charge in [0.15, 0.2) is 5.88 Å². The summed E-state index contributed by atoms with van der Waals surface area (Å²) < 4.78 is 0. The van der Waals surface area contributed by atoms with Gasteiger partial charge in [-0.25, -0.2) is 4.79 Å². The molecular weight excluding hydrogens is 308 g/mol. The zero-order valence-corrected chi connectivity index (χ0v) is 11.8. The molecule has 3 amide bonds. The van der Waals surface area contributed by atoms with E-state index in [1.54, 1.807) is 0 Å². The molecule has 0 aliphatic carbocycles. The van der Waals surface area contributed by atoms with E-state index in [2.05, 4.69) is 10.6 Å². The summed E-state index contributed by atoms with van der Waals surface area (Å²) >= 11 is 0. The summed E-state index contributed by atoms with van der Waals surface area (Å²) in [6, 6.07) is 3.50. The number of benzene rings is 1. The zero-order chi connectivity index (χ0) is 17.0. The third-order valence-corrected chi connectivity index (χ3v) is 3.11. The van der Waals surface area contributed by atoms with E-state index in [0.717, 1.165) is 0 Å². The van der Waals surface area contributed by atoms with Crippen molar-refractivity contribution in [3.63, 3.8) is 0 Å². The molecule has 23 heavy (non-hydrogen) atoms. The number of carbonyl (C=O) groups excluding carboxylic acids is 2. The van der Waals surface area contributed by atoms with Crippen LogP contribution in [0.1, 0.15) is 11.6 Å². The highest BCUT2D eigenvalue weighted by Crippen LogP contribution is 2.28. The Morgan fingerprint density at radius 2 is 2.13 bits per heavy atom. The molecule has 1 aromatic carbocycles. The molecule has 122 valence electrons. The van der Waals surface area contributed by atoms with Crippen LogP contribution in [0.3, 0.4) is 0 Å². The van der Waals surface area contributed by atoms with E-state index >= 15 is 0 Å². The van der Waals surface area contributed by atoms with Gasteiger partial charge < -0.3 is 20.8 Å². The van der Waals surface area contributed by atoms with E-state index in [1.165, 1.54) is 24.3 Å². The van der Waals surface area contributed by atoms with Crippen molar-refractivity contribution in [2.24, 2.45) is 0 Å². The molecule has 1 saturated heterocycles. The van der Waals surface area contributed by atoms with Crippen molar-refractivity contribution in [1.82, 2.24) is 16.0 Å². The fourth-order valence-corrected chi connectivity index (χ4v) is 2.12. The highest BCUT2D eigenvalue weighted by Gasteiger charge is 2.34. The second kappa shape index (κ2) is 6.75. The fourth-order valence-electron chi connectivity index (χ4n) is 2.12. The highest BCUT2D eigenvalue weighted by molar-refractivity contribution is 6.08. The molecule has 2 rings (SSSR count). The van der Waals surface area contributed by atoms with Gasteiger partial charge in [0.25, 0.3) is 11.6 Å². The summed E-state index contributed by atoms with van der Waals surface area (Å²) in [7, 11) is 0. The van der Waals surface area contributed by atoms with Crippen molar-refractivity contribution in [1.29, 1.82) is 0 Å². The lowest BCUT2D eigenvalue weighted by Gasteiger charge is -2.27. The predicted molar refractivity (Wildman–Crippen MR) is 77.3 cm³/mol. The number of rotatable bonds is 5. The molecule has 0 bridgehead atoms. The molecular formula is C13H14N4O6. The van der Waals surface area contributed by atoms with Gasteiger partial charge in [0.1, 0.15) is 5.57 Å². The summed E-state index contributed by atoms with van der Waals surface area (Å²) in [6.07, 6.45) is 0. The van der Waals surface area contributed by atoms with E-state index in [9.17, 15) is 24.8 Å². The van der Waals surface area contributed by atoms with E-state index in [4.69, 9.17) is 5.11 Å². The second-order valence-corrected chi connectivity index (χ2v) is 4.63. The number of nitro groups is 1. The molecule has 1 heterocycles. The van der Waals surface area contributed by atoms with Crippen molar-refractivity contribution < 1.29 is 24.7 Å². The fraction of sp³-hybridized carbons (Fsp3) is 0.231. The third kappa shape index (κ3) is 3.55. The number of hydrogen-bond donors (Lipinski definition) is 5. The Kier molecular flexibility index (Phi) is 4.76. The van der Waals surface area contributed by atoms with Crippen LogP contribution in [0.5, 0.6) is 0 Å². The van der Waals surface area contributed by atoms with E-state index in [-0.39, 0.29) is 30.0 Å². The van der Waals surface area contributed by atoms with Gasteiger partial charge in [-0.2, -0.15) is 0 Å². The summed E-state index contributed by atoms with van der Waals surface area (Å²) in [5, 5.41) is 36.4. The average molecular weight is 322 g/mol. The number of aliphatic hydroxyl groups is 2. The number of nitrogens with one attached hydrogen (secondary N) is 3. The van der Waals surface area contributed by atoms with Crippen molar-refractivity contribution >= 4 is 17.6 Å². The van der Waals surface area contributed by atoms with Gasteiger partial charge in [-0.1, -0.05) is 12.1 Å². The van der Waals surface area contributed by atoms with Crippen molar-refractivity contribution in [2.75, 3.05) is 13.2 Å². The van der Waals surface area contributed by atoms with Crippen LogP contribution in [0, 0.1) is 10.1 Å². The number of hydrogen-bond acceptors (Lipinski definition) is 7. The number of amides is 3. The van der Waals surface area contributed by atoms with Gasteiger partial charge in [-0.15, -0.1) is 0 Å². The van der Waals surface area contributed by atoms with Crippen LogP contribution in [-0.4, -0.2) is 40.2 Å². The normalized spacial score (nSPS) is 19.6. The van der Waals surface area contributed by atoms with E-state index in [1.807, 2.05) is 5.32 Å². The Morgan fingerprint density at radius 1 is 1.39 bits per heavy atom. The molecule has 10 nitrogen and oxygen atoms in total. The quantitative estimate of drug-likeness (QED) is 0.218. The molecule has 0 saturated carbocycles. The number of imide groups is 1. The standard InChI is InChI=1S/C13H14N4O6/c18-5-4-14-11(19)9-10(15-13(21)16-12(9)20)7-2-1-3-8(6-7)17(22)23/h1-3,6,10,14,18-19H,4-5H2,(H2,15,16,20,21)/b11-9+. The van der Waals surface area contributed by atoms with Crippen molar-refractivity contribution in [3.8, 4) is 0 Å². The Bertz CT molecular complexity index is 687. The van der Waals surface area contributed by atoms with Crippen molar-refractivity contribution in [2.45, 2.75) is 6.04 Å². The summed E-state index contributed by atoms with van der Waals surface area (Å²) in [5.74, 6) is -1.37. The Labute approximate surface area is 130 Å². The first-order valence-electron chi connectivity index (χ1n) is 6.58. The number of nitrogens with zero attached hydrogens (tertiary/aromatic N) is 1. The summed E-state index contributed by atoms with van der Waals surface area (Å²) in [4.78, 5) is 33.8. The van der Waals surface area contributed by atoms with Gasteiger partial charge in [0.2, 0.25) is 0 Å². The molecule has 1 aliphatic heterocycles. The monoisotopic (exact) mass is 322 g/mol. The van der Waals surface area contributed by atoms with Gasteiger partial charge >= 0.3 is 6.03 Å². The van der Waals surface area contributed by atoms with Gasteiger partial charge in [-0.3, -0.25) is 20.2 Å². The first-order valence-corrected chi connectivity index (χ1v) is 6.58. The SMILES string of the molecule is O=C1NC(=O)/C(=C(/O)NCCO)C(c2cccc([N+](=O)[O-])c2)N1. The Hall–Kier alpha value is -3.14. The van der Waals surface area contributed by atoms with E-state index in [0.29, 0.717) is 0 Å². The van der Waals surface area contributed by atoms with Crippen LogP contribution in [0.25, 0.3) is 0 Å². The lowest BCUT2D eigenvalue weighted by Crippen LogP contribution is -2.51. The lowest BCUT2D eigenvalue weighted by atomic mass is 9.96. The maximum atomic E-state index is 12.0. The van der Waals surface area contributed by atoms with Crippen LogP contribution in [0.4, 0.5) is 10.5 Å². The van der Waals surface area contributed by atoms with Gasteiger partial charge in [0.05, 0.1) is 17.6 Å². The smallest absolute Gasteiger partial charge is 0.322 e. The maximum Gasteiger partial charge on any atom is 0.322 e. The minimum atomic E-state index is -1.07. The minimum Gasteiger partial charge on any atom is -0.494 e. The molecule has 1 aromatic rings. The van der Waals surface area contributed by atoms with Crippen molar-refractivity contribution in [3.05, 3.63) is 51.4 Å². The third-order valence-electron chi connectivity index (χ3n) is 3.11. The topological polar surface area (TPSA) is 154 Å². The largest absolute Gasteiger partial charge is 0.494 e.